The van der Waals surface area contributed by atoms with Crippen LogP contribution in [0, 0.1) is 11.2 Å². The smallest absolute Gasteiger partial charge is 0.343 e. The fraction of sp³-hybridized carbons (Fsp3) is 0.533. The first-order chi connectivity index (χ1) is 16.8. The first-order valence-electron chi connectivity index (χ1n) is 13.2. The molecule has 0 bridgehead atoms. The summed E-state index contributed by atoms with van der Waals surface area (Å²) in [7, 11) is 0. The number of hydrogen-bond donors (Lipinski definition) is 0. The number of ether oxygens (including phenoxy) is 1. The number of hydrogen-bond acceptors (Lipinski definition) is 4. The van der Waals surface area contributed by atoms with Crippen LogP contribution in [0.4, 0.5) is 4.39 Å². The summed E-state index contributed by atoms with van der Waals surface area (Å²) in [5.74, 6) is 0.707. The minimum atomic E-state index is -0.605. The fourth-order valence-corrected chi connectivity index (χ4v) is 5.39. The molecule has 2 heterocycles. The van der Waals surface area contributed by atoms with E-state index >= 15 is 0 Å². The zero-order chi connectivity index (χ0) is 25.0. The summed E-state index contributed by atoms with van der Waals surface area (Å²) >= 11 is 0. The topological polar surface area (TPSA) is 56.5 Å². The molecule has 0 N–H and O–H groups in total. The highest BCUT2D eigenvalue weighted by molar-refractivity contribution is 6.00. The lowest BCUT2D eigenvalue weighted by Gasteiger charge is -2.37. The zero-order valence-electron chi connectivity index (χ0n) is 21.3. The molecule has 4 rings (SSSR count). The monoisotopic (exact) mass is 480 g/mol. The standard InChI is InChI=1S/C30H37FO4/c1-4-5-6-7-8-9-10-11-12-22-17-24-28(29(33)34-22)26(20-13-15-21(31)16-14-20)27-23(32)18-30(2,3)19-25(27)35-24/h13-17,26H,4-12,18-19H2,1-3H3. The van der Waals surface area contributed by atoms with Gasteiger partial charge in [0.2, 0.25) is 0 Å². The molecule has 0 amide bonds. The molecule has 188 valence electrons. The molecule has 0 spiro atoms. The maximum atomic E-state index is 13.7. The lowest BCUT2D eigenvalue weighted by molar-refractivity contribution is -0.118. The number of allylic oxidation sites excluding steroid dienone is 2. The molecular formula is C30H37FO4. The summed E-state index contributed by atoms with van der Waals surface area (Å²) in [4.78, 5) is 26.4. The van der Waals surface area contributed by atoms with Crippen LogP contribution in [-0.4, -0.2) is 5.78 Å². The van der Waals surface area contributed by atoms with E-state index in [-0.39, 0.29) is 17.0 Å². The summed E-state index contributed by atoms with van der Waals surface area (Å²) < 4.78 is 25.6. The predicted molar refractivity (Wildman–Crippen MR) is 135 cm³/mol. The number of Topliss-reactive ketones (excluding diaryl/α,β-unsaturated/α-hetero) is 1. The Hall–Kier alpha value is -2.69. The van der Waals surface area contributed by atoms with E-state index in [1.807, 2.05) is 19.9 Å². The number of rotatable bonds is 10. The third kappa shape index (κ3) is 5.94. The van der Waals surface area contributed by atoms with Gasteiger partial charge in [-0.3, -0.25) is 4.79 Å². The van der Waals surface area contributed by atoms with Gasteiger partial charge in [0.1, 0.15) is 23.1 Å². The quantitative estimate of drug-likeness (QED) is 0.328. The van der Waals surface area contributed by atoms with E-state index in [4.69, 9.17) is 9.15 Å². The van der Waals surface area contributed by atoms with Crippen LogP contribution in [0.15, 0.2) is 50.9 Å². The largest absolute Gasteiger partial charge is 0.461 e. The van der Waals surface area contributed by atoms with Crippen molar-refractivity contribution in [3.05, 3.63) is 74.8 Å². The Kier molecular flexibility index (Phi) is 7.93. The number of fused-ring (bicyclic) bond motifs is 1. The fourth-order valence-electron chi connectivity index (χ4n) is 5.39. The summed E-state index contributed by atoms with van der Waals surface area (Å²) in [5.41, 5.74) is 0.838. The van der Waals surface area contributed by atoms with Gasteiger partial charge in [0.25, 0.3) is 0 Å². The number of carbonyl (C=O) groups is 1. The van der Waals surface area contributed by atoms with Gasteiger partial charge in [-0.15, -0.1) is 0 Å². The normalized spacial score (nSPS) is 18.7. The van der Waals surface area contributed by atoms with Crippen LogP contribution in [0.25, 0.3) is 0 Å². The van der Waals surface area contributed by atoms with Crippen molar-refractivity contribution in [3.63, 3.8) is 0 Å². The molecule has 2 aromatic rings. The Morgan fingerprint density at radius 3 is 2.29 bits per heavy atom. The summed E-state index contributed by atoms with van der Waals surface area (Å²) in [6.45, 7) is 6.32. The Labute approximate surface area is 207 Å². The van der Waals surface area contributed by atoms with Crippen molar-refractivity contribution < 1.29 is 18.3 Å². The lowest BCUT2D eigenvalue weighted by Crippen LogP contribution is -2.35. The third-order valence-corrected chi connectivity index (χ3v) is 7.17. The van der Waals surface area contributed by atoms with Gasteiger partial charge in [-0.05, 0) is 29.5 Å². The Balaban J connectivity index is 1.58. The van der Waals surface area contributed by atoms with Crippen molar-refractivity contribution in [2.75, 3.05) is 0 Å². The highest BCUT2D eigenvalue weighted by Crippen LogP contribution is 2.49. The van der Waals surface area contributed by atoms with E-state index in [0.717, 1.165) is 12.8 Å². The van der Waals surface area contributed by atoms with Gasteiger partial charge in [0, 0.05) is 30.9 Å². The molecule has 4 nitrogen and oxygen atoms in total. The second-order valence-electron chi connectivity index (χ2n) is 10.9. The van der Waals surface area contributed by atoms with E-state index in [1.54, 1.807) is 12.1 Å². The molecule has 35 heavy (non-hydrogen) atoms. The van der Waals surface area contributed by atoms with E-state index < -0.39 is 11.5 Å². The van der Waals surface area contributed by atoms with Crippen molar-refractivity contribution in [3.8, 4) is 5.75 Å². The van der Waals surface area contributed by atoms with E-state index in [2.05, 4.69) is 6.92 Å². The number of unbranched alkanes of at least 4 members (excludes halogenated alkanes) is 7. The van der Waals surface area contributed by atoms with Gasteiger partial charge in [-0.2, -0.15) is 0 Å². The molecule has 1 aliphatic carbocycles. The second kappa shape index (κ2) is 10.9. The van der Waals surface area contributed by atoms with Gasteiger partial charge in [-0.25, -0.2) is 9.18 Å². The summed E-state index contributed by atoms with van der Waals surface area (Å²) in [6.07, 6.45) is 11.3. The van der Waals surface area contributed by atoms with Crippen LogP contribution in [0.5, 0.6) is 5.75 Å². The first-order valence-corrected chi connectivity index (χ1v) is 13.2. The minimum absolute atomic E-state index is 0.0290. The number of ketones is 1. The van der Waals surface area contributed by atoms with Crippen LogP contribution in [0.3, 0.4) is 0 Å². The molecular weight excluding hydrogens is 443 g/mol. The average molecular weight is 481 g/mol. The first kappa shape index (κ1) is 25.4. The maximum Gasteiger partial charge on any atom is 0.343 e. The SMILES string of the molecule is CCCCCCCCCCc1cc2c(c(=O)o1)C(c1ccc(F)cc1)C1=C(CC(C)(C)CC1=O)O2. The van der Waals surface area contributed by atoms with Crippen LogP contribution in [0.2, 0.25) is 0 Å². The highest BCUT2D eigenvalue weighted by atomic mass is 19.1. The Morgan fingerprint density at radius 1 is 0.943 bits per heavy atom. The summed E-state index contributed by atoms with van der Waals surface area (Å²) in [6, 6.07) is 7.83. The lowest BCUT2D eigenvalue weighted by atomic mass is 9.70. The van der Waals surface area contributed by atoms with E-state index in [9.17, 15) is 14.0 Å². The van der Waals surface area contributed by atoms with Crippen LogP contribution in [-0.2, 0) is 11.2 Å². The van der Waals surface area contributed by atoms with Crippen LogP contribution >= 0.6 is 0 Å². The van der Waals surface area contributed by atoms with E-state index in [1.165, 1.54) is 50.7 Å². The Bertz CT molecular complexity index is 1140. The average Bonchev–Trinajstić information content (AvgIpc) is 2.79. The number of halogens is 1. The molecule has 1 aromatic heterocycles. The summed E-state index contributed by atoms with van der Waals surface area (Å²) in [5, 5.41) is 0. The number of benzene rings is 1. The molecule has 5 heteroatoms. The van der Waals surface area contributed by atoms with Gasteiger partial charge in [0.05, 0.1) is 11.5 Å². The molecule has 0 fully saturated rings. The zero-order valence-corrected chi connectivity index (χ0v) is 21.3. The minimum Gasteiger partial charge on any atom is -0.461 e. The van der Waals surface area contributed by atoms with Gasteiger partial charge < -0.3 is 9.15 Å². The van der Waals surface area contributed by atoms with E-state index in [0.29, 0.717) is 53.2 Å². The van der Waals surface area contributed by atoms with Gasteiger partial charge >= 0.3 is 5.63 Å². The molecule has 0 saturated heterocycles. The van der Waals surface area contributed by atoms with Crippen LogP contribution in [0.1, 0.15) is 108 Å². The number of aryl methyl sites for hydroxylation is 1. The van der Waals surface area contributed by atoms with Crippen molar-refractivity contribution in [1.82, 2.24) is 0 Å². The predicted octanol–water partition coefficient (Wildman–Crippen LogP) is 7.63. The molecule has 1 unspecified atom stereocenters. The van der Waals surface area contributed by atoms with Gasteiger partial charge in [0.15, 0.2) is 5.78 Å². The molecule has 1 aliphatic heterocycles. The van der Waals surface area contributed by atoms with Crippen molar-refractivity contribution in [1.29, 1.82) is 0 Å². The molecule has 1 aromatic carbocycles. The highest BCUT2D eigenvalue weighted by Gasteiger charge is 2.43. The van der Waals surface area contributed by atoms with Crippen LogP contribution < -0.4 is 10.4 Å². The second-order valence-corrected chi connectivity index (χ2v) is 10.9. The van der Waals surface area contributed by atoms with Gasteiger partial charge in [-0.1, -0.05) is 77.8 Å². The number of carbonyl (C=O) groups excluding carboxylic acids is 1. The van der Waals surface area contributed by atoms with Crippen molar-refractivity contribution >= 4 is 5.78 Å². The molecule has 0 saturated carbocycles. The Morgan fingerprint density at radius 2 is 1.60 bits per heavy atom. The molecule has 1 atom stereocenters. The van der Waals surface area contributed by atoms with Crippen molar-refractivity contribution in [2.45, 2.75) is 97.3 Å². The van der Waals surface area contributed by atoms with Crippen molar-refractivity contribution in [2.24, 2.45) is 5.41 Å². The maximum absolute atomic E-state index is 13.7. The molecule has 2 aliphatic rings. The molecule has 0 radical (unpaired) electrons. The third-order valence-electron chi connectivity index (χ3n) is 7.17.